The Morgan fingerprint density at radius 2 is 1.93 bits per heavy atom. The highest BCUT2D eigenvalue weighted by Gasteiger charge is 1.97. The van der Waals surface area contributed by atoms with Gasteiger partial charge in [-0.25, -0.2) is 0 Å². The maximum atomic E-state index is 4.10. The molecule has 0 atom stereocenters. The summed E-state index contributed by atoms with van der Waals surface area (Å²) < 4.78 is 0. The summed E-state index contributed by atoms with van der Waals surface area (Å²) in [5, 5.41) is 0.890. The van der Waals surface area contributed by atoms with Crippen molar-refractivity contribution in [2.45, 2.75) is 5.33 Å². The maximum absolute atomic E-state index is 4.10. The van der Waals surface area contributed by atoms with Crippen molar-refractivity contribution in [1.29, 1.82) is 0 Å². The number of alkyl halides is 1. The maximum Gasteiger partial charge on any atom is 0.0346 e. The minimum Gasteiger partial charge on any atom is -0.264 e. The first-order valence-electron chi connectivity index (χ1n) is 4.45. The standard InChI is InChI=1S/C12H10BrN/c13-8-10-3-1-4-11(7-10)12-5-2-6-14-9-12/h1-7,9H,8H2. The second-order valence-corrected chi connectivity index (χ2v) is 3.64. The summed E-state index contributed by atoms with van der Waals surface area (Å²) in [6.45, 7) is 0. The van der Waals surface area contributed by atoms with E-state index in [1.54, 1.807) is 6.20 Å². The second kappa shape index (κ2) is 4.38. The molecule has 2 heteroatoms. The first-order chi connectivity index (χ1) is 6.90. The third-order valence-corrected chi connectivity index (χ3v) is 2.72. The molecule has 2 aromatic rings. The molecule has 0 fully saturated rings. The largest absolute Gasteiger partial charge is 0.264 e. The number of aromatic nitrogens is 1. The van der Waals surface area contributed by atoms with Gasteiger partial charge in [-0.3, -0.25) is 4.98 Å². The number of hydrogen-bond acceptors (Lipinski definition) is 1. The van der Waals surface area contributed by atoms with Crippen molar-refractivity contribution >= 4 is 15.9 Å². The molecule has 1 nitrogen and oxygen atoms in total. The van der Waals surface area contributed by atoms with Crippen LogP contribution in [0.4, 0.5) is 0 Å². The SMILES string of the molecule is BrCc1cccc(-c2cccnc2)c1. The van der Waals surface area contributed by atoms with Crippen LogP contribution in [0, 0.1) is 0 Å². The van der Waals surface area contributed by atoms with Crippen LogP contribution in [0.25, 0.3) is 11.1 Å². The van der Waals surface area contributed by atoms with Crippen molar-refractivity contribution in [3.63, 3.8) is 0 Å². The van der Waals surface area contributed by atoms with Crippen LogP contribution in [-0.4, -0.2) is 4.98 Å². The van der Waals surface area contributed by atoms with Gasteiger partial charge in [0.15, 0.2) is 0 Å². The van der Waals surface area contributed by atoms with E-state index in [0.29, 0.717) is 0 Å². The molecule has 0 aliphatic heterocycles. The fourth-order valence-electron chi connectivity index (χ4n) is 1.37. The van der Waals surface area contributed by atoms with E-state index in [1.165, 1.54) is 11.1 Å². The van der Waals surface area contributed by atoms with E-state index in [-0.39, 0.29) is 0 Å². The lowest BCUT2D eigenvalue weighted by atomic mass is 10.1. The molecule has 1 heterocycles. The molecule has 0 N–H and O–H groups in total. The molecular weight excluding hydrogens is 238 g/mol. The molecule has 0 aliphatic rings. The third kappa shape index (κ3) is 2.02. The van der Waals surface area contributed by atoms with Crippen molar-refractivity contribution in [3.8, 4) is 11.1 Å². The molecule has 2 rings (SSSR count). The van der Waals surface area contributed by atoms with Gasteiger partial charge < -0.3 is 0 Å². The highest BCUT2D eigenvalue weighted by atomic mass is 79.9. The van der Waals surface area contributed by atoms with Crippen molar-refractivity contribution in [1.82, 2.24) is 4.98 Å². The second-order valence-electron chi connectivity index (χ2n) is 3.08. The number of benzene rings is 1. The van der Waals surface area contributed by atoms with E-state index in [4.69, 9.17) is 0 Å². The van der Waals surface area contributed by atoms with Crippen LogP contribution in [0.5, 0.6) is 0 Å². The number of hydrogen-bond donors (Lipinski definition) is 0. The normalized spacial score (nSPS) is 10.1. The van der Waals surface area contributed by atoms with Crippen molar-refractivity contribution in [2.24, 2.45) is 0 Å². The molecule has 0 radical (unpaired) electrons. The Bertz CT molecular complexity index is 412. The van der Waals surface area contributed by atoms with Crippen LogP contribution < -0.4 is 0 Å². The first kappa shape index (κ1) is 9.41. The van der Waals surface area contributed by atoms with E-state index < -0.39 is 0 Å². The predicted octanol–water partition coefficient (Wildman–Crippen LogP) is 3.64. The molecule has 70 valence electrons. The predicted molar refractivity (Wildman–Crippen MR) is 62.3 cm³/mol. The van der Waals surface area contributed by atoms with Gasteiger partial charge in [0.05, 0.1) is 0 Å². The average molecular weight is 248 g/mol. The molecule has 0 bridgehead atoms. The van der Waals surface area contributed by atoms with Gasteiger partial charge in [0.1, 0.15) is 0 Å². The highest BCUT2D eigenvalue weighted by Crippen LogP contribution is 2.19. The molecule has 1 aromatic heterocycles. The molecule has 0 amide bonds. The molecular formula is C12H10BrN. The van der Waals surface area contributed by atoms with Crippen LogP contribution in [0.2, 0.25) is 0 Å². The quantitative estimate of drug-likeness (QED) is 0.739. The van der Waals surface area contributed by atoms with Gasteiger partial charge in [0, 0.05) is 17.7 Å². The summed E-state index contributed by atoms with van der Waals surface area (Å²) in [5.74, 6) is 0. The van der Waals surface area contributed by atoms with Crippen molar-refractivity contribution in [2.75, 3.05) is 0 Å². The van der Waals surface area contributed by atoms with Gasteiger partial charge in [-0.1, -0.05) is 46.3 Å². The van der Waals surface area contributed by atoms with Crippen LogP contribution >= 0.6 is 15.9 Å². The van der Waals surface area contributed by atoms with E-state index in [1.807, 2.05) is 12.3 Å². The van der Waals surface area contributed by atoms with Crippen LogP contribution in [0.15, 0.2) is 48.8 Å². The van der Waals surface area contributed by atoms with Gasteiger partial charge in [-0.05, 0) is 22.8 Å². The Morgan fingerprint density at radius 1 is 1.07 bits per heavy atom. The van der Waals surface area contributed by atoms with Gasteiger partial charge in [-0.2, -0.15) is 0 Å². The first-order valence-corrected chi connectivity index (χ1v) is 5.57. The molecule has 0 unspecified atom stereocenters. The summed E-state index contributed by atoms with van der Waals surface area (Å²) >= 11 is 3.45. The summed E-state index contributed by atoms with van der Waals surface area (Å²) in [6.07, 6.45) is 3.67. The fourth-order valence-corrected chi connectivity index (χ4v) is 1.72. The summed E-state index contributed by atoms with van der Waals surface area (Å²) in [6, 6.07) is 12.5. The van der Waals surface area contributed by atoms with Gasteiger partial charge in [-0.15, -0.1) is 0 Å². The van der Waals surface area contributed by atoms with E-state index in [2.05, 4.69) is 51.2 Å². The lowest BCUT2D eigenvalue weighted by Crippen LogP contribution is -1.81. The highest BCUT2D eigenvalue weighted by molar-refractivity contribution is 9.08. The van der Waals surface area contributed by atoms with E-state index >= 15 is 0 Å². The molecule has 0 saturated heterocycles. The average Bonchev–Trinajstić information content (AvgIpc) is 2.30. The number of rotatable bonds is 2. The van der Waals surface area contributed by atoms with Crippen LogP contribution in [0.3, 0.4) is 0 Å². The summed E-state index contributed by atoms with van der Waals surface area (Å²) in [7, 11) is 0. The smallest absolute Gasteiger partial charge is 0.0346 e. The number of pyridine rings is 1. The summed E-state index contributed by atoms with van der Waals surface area (Å²) in [4.78, 5) is 4.10. The number of nitrogens with zero attached hydrogens (tertiary/aromatic N) is 1. The zero-order valence-electron chi connectivity index (χ0n) is 7.65. The Labute approximate surface area is 91.9 Å². The van der Waals surface area contributed by atoms with E-state index in [9.17, 15) is 0 Å². The van der Waals surface area contributed by atoms with Crippen molar-refractivity contribution in [3.05, 3.63) is 54.4 Å². The Balaban J connectivity index is 2.42. The number of halogens is 1. The van der Waals surface area contributed by atoms with Crippen LogP contribution in [-0.2, 0) is 5.33 Å². The van der Waals surface area contributed by atoms with Crippen molar-refractivity contribution < 1.29 is 0 Å². The lowest BCUT2D eigenvalue weighted by molar-refractivity contribution is 1.32. The molecule has 1 aromatic carbocycles. The Hall–Kier alpha value is -1.15. The summed E-state index contributed by atoms with van der Waals surface area (Å²) in [5.41, 5.74) is 3.66. The van der Waals surface area contributed by atoms with E-state index in [0.717, 1.165) is 10.9 Å². The topological polar surface area (TPSA) is 12.9 Å². The minimum absolute atomic E-state index is 0.890. The zero-order valence-corrected chi connectivity index (χ0v) is 9.24. The third-order valence-electron chi connectivity index (χ3n) is 2.08. The molecule has 0 saturated carbocycles. The zero-order chi connectivity index (χ0) is 9.80. The Morgan fingerprint density at radius 3 is 2.64 bits per heavy atom. The molecule has 0 aliphatic carbocycles. The van der Waals surface area contributed by atoms with Gasteiger partial charge in [0.2, 0.25) is 0 Å². The molecule has 0 spiro atoms. The minimum atomic E-state index is 0.890. The van der Waals surface area contributed by atoms with Gasteiger partial charge >= 0.3 is 0 Å². The lowest BCUT2D eigenvalue weighted by Gasteiger charge is -2.02. The Kier molecular flexibility index (Phi) is 2.94. The van der Waals surface area contributed by atoms with Crippen LogP contribution in [0.1, 0.15) is 5.56 Å². The molecule has 14 heavy (non-hydrogen) atoms. The fraction of sp³-hybridized carbons (Fsp3) is 0.0833. The monoisotopic (exact) mass is 247 g/mol. The van der Waals surface area contributed by atoms with Gasteiger partial charge in [0.25, 0.3) is 0 Å².